The Bertz CT molecular complexity index is 192. The van der Waals surface area contributed by atoms with Crippen LogP contribution in [0.1, 0.15) is 13.8 Å². The van der Waals surface area contributed by atoms with Crippen LogP contribution in [0.4, 0.5) is 0 Å². The Hall–Kier alpha value is -0.320. The van der Waals surface area contributed by atoms with Gasteiger partial charge in [0.05, 0.1) is 37.6 Å². The predicted octanol–water partition coefficient (Wildman–Crippen LogP) is -2.55. The van der Waals surface area contributed by atoms with Crippen molar-refractivity contribution < 1.29 is 19.7 Å². The van der Waals surface area contributed by atoms with Crippen molar-refractivity contribution in [1.29, 1.82) is 0 Å². The highest BCUT2D eigenvalue weighted by molar-refractivity contribution is 4.74. The summed E-state index contributed by atoms with van der Waals surface area (Å²) in [7, 11) is 0. The van der Waals surface area contributed by atoms with Crippen molar-refractivity contribution >= 4 is 0 Å². The third-order valence-electron chi connectivity index (χ3n) is 2.16. The van der Waals surface area contributed by atoms with E-state index >= 15 is 0 Å². The fourth-order valence-electron chi connectivity index (χ4n) is 1.24. The first kappa shape index (κ1) is 17.7. The summed E-state index contributed by atoms with van der Waals surface area (Å²) < 4.78 is 10.5. The van der Waals surface area contributed by atoms with E-state index < -0.39 is 11.2 Å². The number of aliphatic hydroxyl groups is 2. The van der Waals surface area contributed by atoms with Gasteiger partial charge in [-0.3, -0.25) is 22.5 Å². The first-order valence-corrected chi connectivity index (χ1v) is 5.80. The minimum atomic E-state index is -1.01. The highest BCUT2D eigenvalue weighted by Gasteiger charge is 2.20. The van der Waals surface area contributed by atoms with Crippen molar-refractivity contribution in [3.05, 3.63) is 0 Å². The van der Waals surface area contributed by atoms with Crippen LogP contribution in [0, 0.1) is 0 Å². The maximum Gasteiger partial charge on any atom is 0.0989 e. The van der Waals surface area contributed by atoms with E-state index in [0.717, 1.165) is 0 Å². The van der Waals surface area contributed by atoms with E-state index in [1.54, 1.807) is 13.8 Å². The highest BCUT2D eigenvalue weighted by Crippen LogP contribution is 2.03. The molecular weight excluding hydrogens is 240 g/mol. The van der Waals surface area contributed by atoms with Gasteiger partial charge in [-0.2, -0.15) is 0 Å². The van der Waals surface area contributed by atoms with Crippen molar-refractivity contribution in [2.24, 2.45) is 11.7 Å². The molecule has 0 aromatic heterocycles. The maximum absolute atomic E-state index is 9.70. The Labute approximate surface area is 108 Å². The van der Waals surface area contributed by atoms with Crippen LogP contribution in [-0.4, -0.2) is 60.9 Å². The molecule has 0 aliphatic heterocycles. The Morgan fingerprint density at radius 1 is 0.889 bits per heavy atom. The molecule has 0 saturated heterocycles. The van der Waals surface area contributed by atoms with Gasteiger partial charge in [-0.25, -0.2) is 0 Å². The lowest BCUT2D eigenvalue weighted by molar-refractivity contribution is -0.0689. The Kier molecular flexibility index (Phi) is 8.57. The molecule has 8 heteroatoms. The summed E-state index contributed by atoms with van der Waals surface area (Å²) in [4.78, 5) is 0. The van der Waals surface area contributed by atoms with Gasteiger partial charge >= 0.3 is 0 Å². The van der Waals surface area contributed by atoms with E-state index in [1.165, 1.54) is 0 Å². The zero-order valence-corrected chi connectivity index (χ0v) is 11.1. The fraction of sp³-hybridized carbons (Fsp3) is 1.00. The molecule has 18 heavy (non-hydrogen) atoms. The van der Waals surface area contributed by atoms with Crippen LogP contribution >= 0.6 is 0 Å². The molecule has 0 aromatic carbocycles. The zero-order chi connectivity index (χ0) is 14.1. The first-order chi connectivity index (χ1) is 8.33. The third-order valence-corrected chi connectivity index (χ3v) is 2.16. The summed E-state index contributed by atoms with van der Waals surface area (Å²) in [6.45, 7) is 4.68. The normalized spacial score (nSPS) is 18.3. The van der Waals surface area contributed by atoms with Gasteiger partial charge in [-0.15, -0.1) is 0 Å². The molecule has 2 unspecified atom stereocenters. The van der Waals surface area contributed by atoms with Crippen molar-refractivity contribution in [2.45, 2.75) is 25.0 Å². The quantitative estimate of drug-likeness (QED) is 0.137. The monoisotopic (exact) mass is 266 g/mol. The van der Waals surface area contributed by atoms with Crippen molar-refractivity contribution in [1.82, 2.24) is 10.9 Å². The van der Waals surface area contributed by atoms with Gasteiger partial charge in [0.25, 0.3) is 0 Å². The van der Waals surface area contributed by atoms with E-state index in [1.807, 2.05) is 0 Å². The topological polar surface area (TPSA) is 135 Å². The second kappa shape index (κ2) is 8.73. The van der Waals surface area contributed by atoms with Crippen LogP contribution < -0.4 is 22.5 Å². The summed E-state index contributed by atoms with van der Waals surface area (Å²) in [6.07, 6.45) is 0. The van der Waals surface area contributed by atoms with Gasteiger partial charge in [-0.1, -0.05) is 0 Å². The van der Waals surface area contributed by atoms with E-state index in [0.29, 0.717) is 13.2 Å². The lowest BCUT2D eigenvalue weighted by Gasteiger charge is -2.24. The number of hydrogen-bond acceptors (Lipinski definition) is 8. The molecule has 0 fully saturated rings. The van der Waals surface area contributed by atoms with E-state index in [4.69, 9.17) is 21.2 Å². The molecule has 8 nitrogen and oxygen atoms in total. The van der Waals surface area contributed by atoms with E-state index in [-0.39, 0.29) is 26.3 Å². The molecule has 8 N–H and O–H groups in total. The van der Waals surface area contributed by atoms with Crippen molar-refractivity contribution in [2.75, 3.05) is 39.5 Å². The van der Waals surface area contributed by atoms with Gasteiger partial charge < -0.3 is 19.7 Å². The van der Waals surface area contributed by atoms with Gasteiger partial charge in [0.1, 0.15) is 0 Å². The van der Waals surface area contributed by atoms with Crippen molar-refractivity contribution in [3.63, 3.8) is 0 Å². The fourth-order valence-corrected chi connectivity index (χ4v) is 1.24. The smallest absolute Gasteiger partial charge is 0.0989 e. The Morgan fingerprint density at radius 2 is 1.22 bits per heavy atom. The number of rotatable bonds is 11. The van der Waals surface area contributed by atoms with Crippen LogP contribution in [-0.2, 0) is 9.47 Å². The van der Waals surface area contributed by atoms with E-state index in [9.17, 15) is 10.2 Å². The second-order valence-corrected chi connectivity index (χ2v) is 4.86. The summed E-state index contributed by atoms with van der Waals surface area (Å²) in [5, 5.41) is 19.4. The molecule has 110 valence electrons. The number of nitrogens with two attached hydrogens (primary N) is 2. The predicted molar refractivity (Wildman–Crippen MR) is 67.3 cm³/mol. The molecule has 0 rings (SSSR count). The molecule has 0 aliphatic carbocycles. The van der Waals surface area contributed by atoms with Crippen LogP contribution in [0.5, 0.6) is 0 Å². The molecule has 0 spiro atoms. The minimum Gasteiger partial charge on any atom is -0.386 e. The van der Waals surface area contributed by atoms with Crippen LogP contribution in [0.3, 0.4) is 0 Å². The number of nitrogens with one attached hydrogen (secondary N) is 2. The average Bonchev–Trinajstić information content (AvgIpc) is 2.22. The zero-order valence-electron chi connectivity index (χ0n) is 11.1. The lowest BCUT2D eigenvalue weighted by atomic mass is 10.1. The summed E-state index contributed by atoms with van der Waals surface area (Å²) in [5.74, 6) is 10.2. The maximum atomic E-state index is 9.70. The molecular formula is C10H26N4O4. The van der Waals surface area contributed by atoms with Gasteiger partial charge in [0, 0.05) is 13.1 Å². The first-order valence-electron chi connectivity index (χ1n) is 5.80. The third kappa shape index (κ3) is 9.68. The molecule has 0 saturated carbocycles. The summed E-state index contributed by atoms with van der Waals surface area (Å²) in [5.41, 5.74) is 2.74. The average molecular weight is 266 g/mol. The lowest BCUT2D eigenvalue weighted by Crippen LogP contribution is -2.45. The molecule has 0 heterocycles. The molecule has 2 atom stereocenters. The Balaban J connectivity index is 3.52. The number of hydrazine groups is 2. The van der Waals surface area contributed by atoms with Gasteiger partial charge in [0.15, 0.2) is 0 Å². The largest absolute Gasteiger partial charge is 0.386 e. The molecule has 0 aromatic rings. The van der Waals surface area contributed by atoms with Crippen LogP contribution in [0.2, 0.25) is 0 Å². The summed E-state index contributed by atoms with van der Waals surface area (Å²) >= 11 is 0. The number of hydrogen-bond donors (Lipinski definition) is 6. The standard InChI is InChI=1S/C10H26N4O4/c1-9(15,5-13-11)7-17-3-4-18-8-10(2,16)6-14-12/h13-16H,3-8,11-12H2,1-2H3. The van der Waals surface area contributed by atoms with Crippen molar-refractivity contribution in [3.8, 4) is 0 Å². The van der Waals surface area contributed by atoms with E-state index in [2.05, 4.69) is 10.9 Å². The van der Waals surface area contributed by atoms with Gasteiger partial charge in [0.2, 0.25) is 0 Å². The molecule has 0 bridgehead atoms. The highest BCUT2D eigenvalue weighted by atomic mass is 16.5. The second-order valence-electron chi connectivity index (χ2n) is 4.86. The Morgan fingerprint density at radius 3 is 1.50 bits per heavy atom. The minimum absolute atomic E-state index is 0.154. The van der Waals surface area contributed by atoms with Gasteiger partial charge in [-0.05, 0) is 13.8 Å². The molecule has 0 radical (unpaired) electrons. The SMILES string of the molecule is CC(O)(CNN)COCCOCC(C)(O)CNN. The van der Waals surface area contributed by atoms with Crippen LogP contribution in [0.15, 0.2) is 0 Å². The molecule has 0 aliphatic rings. The van der Waals surface area contributed by atoms with Crippen LogP contribution in [0.25, 0.3) is 0 Å². The summed E-state index contributed by atoms with van der Waals surface area (Å²) in [6, 6.07) is 0. The number of ether oxygens (including phenoxy) is 2. The molecule has 0 amide bonds.